The van der Waals surface area contributed by atoms with E-state index >= 15 is 0 Å². The van der Waals surface area contributed by atoms with Gasteiger partial charge in [0.05, 0.1) is 18.8 Å². The van der Waals surface area contributed by atoms with Crippen LogP contribution in [0.2, 0.25) is 0 Å². The molecule has 5 heteroatoms. The van der Waals surface area contributed by atoms with E-state index in [1.54, 1.807) is 31.2 Å². The smallest absolute Gasteiger partial charge is 0.344 e. The van der Waals surface area contributed by atoms with Crippen molar-refractivity contribution in [1.29, 1.82) is 0 Å². The molecule has 1 aromatic rings. The predicted octanol–water partition coefficient (Wildman–Crippen LogP) is 0.999. The second-order valence-corrected chi connectivity index (χ2v) is 4.30. The van der Waals surface area contributed by atoms with Crippen molar-refractivity contribution in [1.82, 2.24) is 4.90 Å². The lowest BCUT2D eigenvalue weighted by Crippen LogP contribution is -2.23. The van der Waals surface area contributed by atoms with Gasteiger partial charge in [-0.05, 0) is 13.0 Å². The normalized spacial score (nSPS) is 16.8. The van der Waals surface area contributed by atoms with Crippen LogP contribution in [0.25, 0.3) is 5.70 Å². The van der Waals surface area contributed by atoms with Crippen molar-refractivity contribution in [3.63, 3.8) is 0 Å². The number of carbonyl (C=O) groups is 3. The van der Waals surface area contributed by atoms with Crippen LogP contribution in [-0.4, -0.2) is 35.7 Å². The molecule has 0 saturated heterocycles. The fourth-order valence-electron chi connectivity index (χ4n) is 2.46. The molecule has 96 valence electrons. The summed E-state index contributed by atoms with van der Waals surface area (Å²) in [7, 11) is 0. The van der Waals surface area contributed by atoms with Gasteiger partial charge < -0.3 is 4.74 Å². The molecular weight excluding hydrogens is 247 g/mol. The summed E-state index contributed by atoms with van der Waals surface area (Å²) in [6.07, 6.45) is 0. The number of nitrogens with zero attached hydrogens (tertiary/aromatic N) is 1. The molecule has 1 aromatic carbocycles. The van der Waals surface area contributed by atoms with E-state index < -0.39 is 5.97 Å². The highest BCUT2D eigenvalue weighted by atomic mass is 16.5. The van der Waals surface area contributed by atoms with Gasteiger partial charge >= 0.3 is 5.97 Å². The topological polar surface area (TPSA) is 63.7 Å². The molecule has 0 radical (unpaired) electrons. The summed E-state index contributed by atoms with van der Waals surface area (Å²) in [5.74, 6) is -1.26. The average molecular weight is 258 g/mol. The van der Waals surface area contributed by atoms with E-state index in [9.17, 15) is 14.4 Å². The maximum Gasteiger partial charge on any atom is 0.344 e. The highest BCUT2D eigenvalue weighted by Crippen LogP contribution is 2.39. The molecule has 19 heavy (non-hydrogen) atoms. The summed E-state index contributed by atoms with van der Waals surface area (Å²) >= 11 is 0. The Hall–Kier alpha value is -2.43. The minimum absolute atomic E-state index is 0.0137. The van der Waals surface area contributed by atoms with E-state index in [1.807, 2.05) is 0 Å². The third kappa shape index (κ3) is 1.51. The van der Waals surface area contributed by atoms with Crippen LogP contribution < -0.4 is 0 Å². The van der Waals surface area contributed by atoms with Crippen molar-refractivity contribution >= 4 is 23.4 Å². The molecular formula is C14H11NO4. The molecule has 0 bridgehead atoms. The molecule has 0 atom stereocenters. The fourth-order valence-corrected chi connectivity index (χ4v) is 2.46. The highest BCUT2D eigenvalue weighted by molar-refractivity contribution is 6.30. The summed E-state index contributed by atoms with van der Waals surface area (Å²) in [4.78, 5) is 37.3. The van der Waals surface area contributed by atoms with E-state index in [0.717, 1.165) is 0 Å². The highest BCUT2D eigenvalue weighted by Gasteiger charge is 2.44. The molecule has 0 spiro atoms. The molecule has 2 aliphatic rings. The van der Waals surface area contributed by atoms with Gasteiger partial charge in [0.25, 0.3) is 5.91 Å². The summed E-state index contributed by atoms with van der Waals surface area (Å²) in [6, 6.07) is 6.95. The standard InChI is InChI=1S/C14H11NO4/c1-2-19-14(18)11-10(16)7-15-12(11)8-5-3-4-6-9(8)13(15)17/h3-6H,2,7H2,1H3/i15+1. The third-order valence-electron chi connectivity index (χ3n) is 3.22. The van der Waals surface area contributed by atoms with E-state index in [2.05, 4.69) is 0 Å². The zero-order valence-electron chi connectivity index (χ0n) is 10.3. The number of ether oxygens (including phenoxy) is 1. The third-order valence-corrected chi connectivity index (χ3v) is 3.22. The molecule has 1 amide bonds. The van der Waals surface area contributed by atoms with E-state index in [-0.39, 0.29) is 30.4 Å². The number of esters is 1. The van der Waals surface area contributed by atoms with Crippen molar-refractivity contribution in [3.8, 4) is 0 Å². The summed E-state index contributed by atoms with van der Waals surface area (Å²) < 4.78 is 4.90. The molecule has 2 heterocycles. The minimum Gasteiger partial charge on any atom is -0.462 e. The first-order valence-electron chi connectivity index (χ1n) is 6.01. The average Bonchev–Trinajstić information content (AvgIpc) is 2.87. The zero-order valence-corrected chi connectivity index (χ0v) is 10.3. The number of fused-ring (bicyclic) bond motifs is 3. The Kier molecular flexibility index (Phi) is 2.48. The first-order chi connectivity index (χ1) is 9.15. The van der Waals surface area contributed by atoms with E-state index in [0.29, 0.717) is 16.8 Å². The van der Waals surface area contributed by atoms with Gasteiger partial charge in [0, 0.05) is 11.1 Å². The van der Waals surface area contributed by atoms with Crippen LogP contribution in [0.4, 0.5) is 0 Å². The Morgan fingerprint density at radius 3 is 2.63 bits per heavy atom. The van der Waals surface area contributed by atoms with Gasteiger partial charge in [0.15, 0.2) is 5.78 Å². The van der Waals surface area contributed by atoms with Gasteiger partial charge in [-0.15, -0.1) is 0 Å². The van der Waals surface area contributed by atoms with Crippen LogP contribution in [0.15, 0.2) is 29.8 Å². The molecule has 2 aliphatic heterocycles. The van der Waals surface area contributed by atoms with Gasteiger partial charge in [-0.25, -0.2) is 4.79 Å². The SMILES string of the molecule is CCOC(=O)C1=C2c3ccccc3C(=O)[15N]2CC1=O. The first kappa shape index (κ1) is 11.6. The van der Waals surface area contributed by atoms with E-state index in [4.69, 9.17) is 4.74 Å². The Morgan fingerprint density at radius 1 is 1.26 bits per heavy atom. The molecule has 0 saturated carbocycles. The van der Waals surface area contributed by atoms with Crippen LogP contribution >= 0.6 is 0 Å². The van der Waals surface area contributed by atoms with Gasteiger partial charge in [0.1, 0.15) is 5.57 Å². The van der Waals surface area contributed by atoms with Crippen LogP contribution in [0.5, 0.6) is 0 Å². The number of Topliss-reactive ketones (excluding diaryl/α,β-unsaturated/α-hetero) is 1. The van der Waals surface area contributed by atoms with E-state index in [1.165, 1.54) is 4.90 Å². The number of amides is 1. The Bertz CT molecular complexity index is 645. The number of carbonyl (C=O) groups excluding carboxylic acids is 3. The molecule has 0 unspecified atom stereocenters. The lowest BCUT2D eigenvalue weighted by Gasteiger charge is -2.09. The maximum atomic E-state index is 12.1. The van der Waals surface area contributed by atoms with Crippen LogP contribution in [-0.2, 0) is 14.3 Å². The largest absolute Gasteiger partial charge is 0.462 e. The molecule has 3 rings (SSSR count). The van der Waals surface area contributed by atoms with Crippen molar-refractivity contribution in [3.05, 3.63) is 41.0 Å². The summed E-state index contributed by atoms with van der Waals surface area (Å²) in [5, 5.41) is 0. The van der Waals surface area contributed by atoms with Crippen LogP contribution in [0.1, 0.15) is 22.8 Å². The number of rotatable bonds is 2. The van der Waals surface area contributed by atoms with Crippen molar-refractivity contribution in [2.24, 2.45) is 0 Å². The number of hydrogen-bond acceptors (Lipinski definition) is 4. The van der Waals surface area contributed by atoms with Gasteiger partial charge in [-0.3, -0.25) is 14.5 Å². The second-order valence-electron chi connectivity index (χ2n) is 4.30. The quantitative estimate of drug-likeness (QED) is 0.451. The first-order valence-corrected chi connectivity index (χ1v) is 6.01. The van der Waals surface area contributed by atoms with Crippen LogP contribution in [0, 0.1) is 0 Å². The molecule has 0 N–H and O–H groups in total. The predicted molar refractivity (Wildman–Crippen MR) is 66.0 cm³/mol. The molecule has 0 fully saturated rings. The summed E-state index contributed by atoms with van der Waals surface area (Å²) in [6.45, 7) is 1.78. The van der Waals surface area contributed by atoms with Crippen molar-refractivity contribution in [2.75, 3.05) is 13.2 Å². The molecule has 0 aliphatic carbocycles. The number of hydrogen-bond donors (Lipinski definition) is 0. The van der Waals surface area contributed by atoms with Gasteiger partial charge in [-0.1, -0.05) is 18.2 Å². The maximum absolute atomic E-state index is 12.1. The van der Waals surface area contributed by atoms with Crippen LogP contribution in [0.3, 0.4) is 0 Å². The lowest BCUT2D eigenvalue weighted by molar-refractivity contribution is -0.139. The Balaban J connectivity index is 2.20. The minimum atomic E-state index is -0.658. The fraction of sp³-hybridized carbons (Fsp3) is 0.214. The van der Waals surface area contributed by atoms with Crippen molar-refractivity contribution < 1.29 is 19.1 Å². The van der Waals surface area contributed by atoms with Crippen molar-refractivity contribution in [2.45, 2.75) is 6.92 Å². The number of ketones is 1. The monoisotopic (exact) mass is 258 g/mol. The molecule has 0 aromatic heterocycles. The Morgan fingerprint density at radius 2 is 1.95 bits per heavy atom. The zero-order chi connectivity index (χ0) is 13.6. The molecule has 5 nitrogen and oxygen atoms in total. The van der Waals surface area contributed by atoms with Gasteiger partial charge in [-0.2, -0.15) is 0 Å². The number of benzene rings is 1. The second kappa shape index (κ2) is 4.05. The summed E-state index contributed by atoms with van der Waals surface area (Å²) in [5.41, 5.74) is 1.53. The lowest BCUT2D eigenvalue weighted by atomic mass is 10.0. The van der Waals surface area contributed by atoms with Gasteiger partial charge in [0.2, 0.25) is 0 Å². The Labute approximate surface area is 109 Å².